The van der Waals surface area contributed by atoms with Crippen molar-refractivity contribution in [1.29, 1.82) is 0 Å². The molecule has 0 bridgehead atoms. The van der Waals surface area contributed by atoms with Crippen molar-refractivity contribution in [3.63, 3.8) is 0 Å². The molecule has 130 valence electrons. The summed E-state index contributed by atoms with van der Waals surface area (Å²) in [6.07, 6.45) is 7.89. The van der Waals surface area contributed by atoms with Gasteiger partial charge in [0, 0.05) is 25.2 Å². The highest BCUT2D eigenvalue weighted by atomic mass is 32.2. The van der Waals surface area contributed by atoms with E-state index >= 15 is 0 Å². The van der Waals surface area contributed by atoms with Crippen LogP contribution in [0.5, 0.6) is 0 Å². The molecule has 2 aromatic heterocycles. The Labute approximate surface area is 141 Å². The van der Waals surface area contributed by atoms with Crippen molar-refractivity contribution >= 4 is 10.0 Å². The number of sulfonamides is 1. The van der Waals surface area contributed by atoms with Crippen molar-refractivity contribution < 1.29 is 8.42 Å². The molecular weight excluding hydrogens is 328 g/mol. The molecule has 9 heteroatoms. The standard InChI is InChI=1S/C15H22N6O2S/c1-2-20-10-12(9-16-20)24(22,23)21-8-4-3-5-13(21)15-17-14(18-19-15)11-6-7-11/h9-11,13H,2-8H2,1H3,(H,17,18,19). The fourth-order valence-corrected chi connectivity index (χ4v) is 4.83. The lowest BCUT2D eigenvalue weighted by Gasteiger charge is -2.32. The van der Waals surface area contributed by atoms with E-state index in [1.807, 2.05) is 6.92 Å². The molecular formula is C15H22N6O2S. The lowest BCUT2D eigenvalue weighted by Crippen LogP contribution is -2.38. The fraction of sp³-hybridized carbons (Fsp3) is 0.667. The summed E-state index contributed by atoms with van der Waals surface area (Å²) in [5.41, 5.74) is 0. The average Bonchev–Trinajstić information content (AvgIpc) is 3.14. The number of aromatic nitrogens is 5. The molecule has 0 radical (unpaired) electrons. The number of aryl methyl sites for hydroxylation is 1. The lowest BCUT2D eigenvalue weighted by atomic mass is 10.0. The van der Waals surface area contributed by atoms with E-state index in [1.165, 1.54) is 6.20 Å². The van der Waals surface area contributed by atoms with Crippen molar-refractivity contribution in [2.24, 2.45) is 0 Å². The van der Waals surface area contributed by atoms with Gasteiger partial charge in [0.05, 0.1) is 12.2 Å². The first-order chi connectivity index (χ1) is 11.6. The van der Waals surface area contributed by atoms with Crippen LogP contribution in [0.15, 0.2) is 17.3 Å². The highest BCUT2D eigenvalue weighted by Crippen LogP contribution is 2.39. The van der Waals surface area contributed by atoms with Crippen LogP contribution >= 0.6 is 0 Å². The monoisotopic (exact) mass is 350 g/mol. The third kappa shape index (κ3) is 2.75. The zero-order valence-corrected chi connectivity index (χ0v) is 14.5. The predicted molar refractivity (Wildman–Crippen MR) is 86.7 cm³/mol. The molecule has 1 saturated heterocycles. The third-order valence-electron chi connectivity index (χ3n) is 4.77. The molecule has 0 amide bonds. The molecule has 0 aromatic carbocycles. The second-order valence-electron chi connectivity index (χ2n) is 6.51. The molecule has 4 rings (SSSR count). The molecule has 2 aromatic rings. The summed E-state index contributed by atoms with van der Waals surface area (Å²) < 4.78 is 29.3. The Morgan fingerprint density at radius 1 is 1.29 bits per heavy atom. The SMILES string of the molecule is CCn1cc(S(=O)(=O)N2CCCCC2c2nc(C3CC3)n[nH]2)cn1. The fourth-order valence-electron chi connectivity index (χ4n) is 3.21. The van der Waals surface area contributed by atoms with E-state index in [1.54, 1.807) is 15.2 Å². The topological polar surface area (TPSA) is 96.8 Å². The number of hydrogen-bond donors (Lipinski definition) is 1. The van der Waals surface area contributed by atoms with Gasteiger partial charge in [-0.15, -0.1) is 0 Å². The molecule has 3 heterocycles. The summed E-state index contributed by atoms with van der Waals surface area (Å²) in [6, 6.07) is -0.270. The maximum Gasteiger partial charge on any atom is 0.246 e. The Morgan fingerprint density at radius 2 is 2.12 bits per heavy atom. The number of nitrogens with zero attached hydrogens (tertiary/aromatic N) is 5. The van der Waals surface area contributed by atoms with E-state index in [4.69, 9.17) is 0 Å². The molecule has 1 N–H and O–H groups in total. The highest BCUT2D eigenvalue weighted by molar-refractivity contribution is 7.89. The van der Waals surface area contributed by atoms with Gasteiger partial charge in [-0.3, -0.25) is 9.78 Å². The van der Waals surface area contributed by atoms with Crippen LogP contribution in [-0.2, 0) is 16.6 Å². The van der Waals surface area contributed by atoms with Gasteiger partial charge in [0.2, 0.25) is 10.0 Å². The third-order valence-corrected chi connectivity index (χ3v) is 6.63. The van der Waals surface area contributed by atoms with Gasteiger partial charge in [-0.25, -0.2) is 13.4 Å². The number of rotatable bonds is 5. The maximum absolute atomic E-state index is 13.1. The molecule has 1 unspecified atom stereocenters. The predicted octanol–water partition coefficient (Wildman–Crippen LogP) is 1.81. The Bertz CT molecular complexity index is 823. The van der Waals surface area contributed by atoms with Crippen LogP contribution in [0.3, 0.4) is 0 Å². The first-order valence-corrected chi connectivity index (χ1v) is 10.00. The van der Waals surface area contributed by atoms with Gasteiger partial charge in [0.1, 0.15) is 10.7 Å². The van der Waals surface area contributed by atoms with Gasteiger partial charge in [-0.05, 0) is 32.6 Å². The minimum absolute atomic E-state index is 0.248. The first kappa shape index (κ1) is 15.8. The van der Waals surface area contributed by atoms with E-state index in [0.717, 1.165) is 37.9 Å². The van der Waals surface area contributed by atoms with Crippen molar-refractivity contribution in [2.45, 2.75) is 62.4 Å². The van der Waals surface area contributed by atoms with Crippen molar-refractivity contribution in [1.82, 2.24) is 29.3 Å². The zero-order chi connectivity index (χ0) is 16.7. The molecule has 1 aliphatic carbocycles. The van der Waals surface area contributed by atoms with Crippen LogP contribution in [-0.4, -0.2) is 44.2 Å². The number of aromatic amines is 1. The maximum atomic E-state index is 13.1. The zero-order valence-electron chi connectivity index (χ0n) is 13.7. The Morgan fingerprint density at radius 3 is 2.83 bits per heavy atom. The summed E-state index contributed by atoms with van der Waals surface area (Å²) in [5.74, 6) is 1.95. The Hall–Kier alpha value is -1.74. The molecule has 2 aliphatic rings. The smallest absolute Gasteiger partial charge is 0.246 e. The van der Waals surface area contributed by atoms with Gasteiger partial charge >= 0.3 is 0 Å². The van der Waals surface area contributed by atoms with Gasteiger partial charge < -0.3 is 0 Å². The van der Waals surface area contributed by atoms with Crippen molar-refractivity contribution in [3.8, 4) is 0 Å². The molecule has 2 fully saturated rings. The van der Waals surface area contributed by atoms with E-state index in [0.29, 0.717) is 24.8 Å². The molecule has 1 aliphatic heterocycles. The van der Waals surface area contributed by atoms with Crippen molar-refractivity contribution in [3.05, 3.63) is 24.0 Å². The number of H-pyrrole nitrogens is 1. The van der Waals surface area contributed by atoms with Gasteiger partial charge in [-0.2, -0.15) is 14.5 Å². The van der Waals surface area contributed by atoms with E-state index in [9.17, 15) is 8.42 Å². The summed E-state index contributed by atoms with van der Waals surface area (Å²) >= 11 is 0. The summed E-state index contributed by atoms with van der Waals surface area (Å²) in [4.78, 5) is 4.83. The molecule has 0 spiro atoms. The highest BCUT2D eigenvalue weighted by Gasteiger charge is 2.38. The minimum atomic E-state index is -3.58. The summed E-state index contributed by atoms with van der Waals surface area (Å²) in [5, 5.41) is 11.4. The molecule has 1 atom stereocenters. The second-order valence-corrected chi connectivity index (χ2v) is 8.40. The Balaban J connectivity index is 1.65. The first-order valence-electron chi connectivity index (χ1n) is 8.56. The minimum Gasteiger partial charge on any atom is -0.272 e. The van der Waals surface area contributed by atoms with Gasteiger partial charge in [0.15, 0.2) is 5.82 Å². The molecule has 1 saturated carbocycles. The number of nitrogens with one attached hydrogen (secondary N) is 1. The lowest BCUT2D eigenvalue weighted by molar-refractivity contribution is 0.247. The Kier molecular flexibility index (Phi) is 3.92. The van der Waals surface area contributed by atoms with Crippen LogP contribution in [0, 0.1) is 0 Å². The van der Waals surface area contributed by atoms with E-state index in [2.05, 4.69) is 20.3 Å². The van der Waals surface area contributed by atoms with Crippen LogP contribution in [0.1, 0.15) is 62.6 Å². The van der Waals surface area contributed by atoms with Crippen LogP contribution < -0.4 is 0 Å². The second kappa shape index (κ2) is 5.96. The summed E-state index contributed by atoms with van der Waals surface area (Å²) in [6.45, 7) is 3.08. The normalized spacial score (nSPS) is 22.8. The van der Waals surface area contributed by atoms with Gasteiger partial charge in [0.25, 0.3) is 0 Å². The summed E-state index contributed by atoms with van der Waals surface area (Å²) in [7, 11) is -3.58. The van der Waals surface area contributed by atoms with Crippen LogP contribution in [0.25, 0.3) is 0 Å². The number of piperidine rings is 1. The van der Waals surface area contributed by atoms with Crippen LogP contribution in [0.2, 0.25) is 0 Å². The molecule has 24 heavy (non-hydrogen) atoms. The number of hydrogen-bond acceptors (Lipinski definition) is 5. The van der Waals surface area contributed by atoms with E-state index < -0.39 is 10.0 Å². The van der Waals surface area contributed by atoms with Gasteiger partial charge in [-0.1, -0.05) is 6.42 Å². The van der Waals surface area contributed by atoms with Crippen LogP contribution in [0.4, 0.5) is 0 Å². The quantitative estimate of drug-likeness (QED) is 0.887. The largest absolute Gasteiger partial charge is 0.272 e. The van der Waals surface area contributed by atoms with Crippen molar-refractivity contribution in [2.75, 3.05) is 6.54 Å². The molecule has 8 nitrogen and oxygen atoms in total. The average molecular weight is 350 g/mol. The van der Waals surface area contributed by atoms with E-state index in [-0.39, 0.29) is 10.9 Å².